The Morgan fingerprint density at radius 1 is 1.40 bits per heavy atom. The summed E-state index contributed by atoms with van der Waals surface area (Å²) in [5.74, 6) is 0.192. The third kappa shape index (κ3) is 3.09. The van der Waals surface area contributed by atoms with Gasteiger partial charge in [0.05, 0.1) is 18.2 Å². The summed E-state index contributed by atoms with van der Waals surface area (Å²) >= 11 is 3.11. The van der Waals surface area contributed by atoms with E-state index in [1.165, 1.54) is 7.11 Å². The van der Waals surface area contributed by atoms with Gasteiger partial charge in [0.1, 0.15) is 0 Å². The van der Waals surface area contributed by atoms with Crippen molar-refractivity contribution in [3.63, 3.8) is 0 Å². The Morgan fingerprint density at radius 3 is 2.73 bits per heavy atom. The van der Waals surface area contributed by atoms with Crippen LogP contribution in [-0.4, -0.2) is 13.7 Å². The van der Waals surface area contributed by atoms with E-state index >= 15 is 0 Å². The molecule has 0 radical (unpaired) electrons. The number of halogens is 2. The number of unbranched alkanes of at least 4 members (excludes halogenated alkanes) is 1. The van der Waals surface area contributed by atoms with Gasteiger partial charge in [0.25, 0.3) is 0 Å². The second kappa shape index (κ2) is 5.95. The molecule has 0 saturated carbocycles. The van der Waals surface area contributed by atoms with E-state index < -0.39 is 5.82 Å². The lowest BCUT2D eigenvalue weighted by Gasteiger charge is -2.11. The van der Waals surface area contributed by atoms with Gasteiger partial charge in [0.2, 0.25) is 0 Å². The van der Waals surface area contributed by atoms with Crippen LogP contribution in [-0.2, 0) is 0 Å². The molecule has 0 N–H and O–H groups in total. The molecular formula is C11H14BrFO2. The molecule has 2 nitrogen and oxygen atoms in total. The van der Waals surface area contributed by atoms with Crippen LogP contribution in [0.4, 0.5) is 4.39 Å². The van der Waals surface area contributed by atoms with Gasteiger partial charge in [-0.15, -0.1) is 0 Å². The molecule has 0 atom stereocenters. The first-order valence-corrected chi connectivity index (χ1v) is 5.64. The standard InChI is InChI=1S/C11H14BrFO2/c1-3-4-7-15-11-9(14-2)6-5-8(12)10(11)13/h5-6H,3-4,7H2,1-2H3. The first-order chi connectivity index (χ1) is 7.20. The molecule has 0 aliphatic carbocycles. The van der Waals surface area contributed by atoms with E-state index in [1.807, 2.05) is 0 Å². The molecule has 0 saturated heterocycles. The van der Waals surface area contributed by atoms with Crippen molar-refractivity contribution in [2.75, 3.05) is 13.7 Å². The summed E-state index contributed by atoms with van der Waals surface area (Å²) in [6.45, 7) is 2.55. The molecule has 1 aromatic carbocycles. The molecule has 1 rings (SSSR count). The van der Waals surface area contributed by atoms with Gasteiger partial charge in [0.15, 0.2) is 17.3 Å². The molecule has 4 heteroatoms. The fourth-order valence-corrected chi connectivity index (χ4v) is 1.44. The highest BCUT2D eigenvalue weighted by Crippen LogP contribution is 2.34. The Hall–Kier alpha value is -0.770. The van der Waals surface area contributed by atoms with Crippen LogP contribution in [0.1, 0.15) is 19.8 Å². The summed E-state index contributed by atoms with van der Waals surface area (Å²) in [7, 11) is 1.50. The van der Waals surface area contributed by atoms with Gasteiger partial charge in [-0.3, -0.25) is 0 Å². The van der Waals surface area contributed by atoms with Crippen LogP contribution < -0.4 is 9.47 Å². The van der Waals surface area contributed by atoms with E-state index in [1.54, 1.807) is 12.1 Å². The predicted octanol–water partition coefficient (Wildman–Crippen LogP) is 3.78. The molecule has 0 bridgehead atoms. The van der Waals surface area contributed by atoms with E-state index in [9.17, 15) is 4.39 Å². The van der Waals surface area contributed by atoms with Crippen LogP contribution >= 0.6 is 15.9 Å². The summed E-state index contributed by atoms with van der Waals surface area (Å²) in [6.07, 6.45) is 1.91. The minimum absolute atomic E-state index is 0.181. The van der Waals surface area contributed by atoms with Crippen LogP contribution in [0.3, 0.4) is 0 Å². The Morgan fingerprint density at radius 2 is 2.13 bits per heavy atom. The largest absolute Gasteiger partial charge is 0.493 e. The lowest BCUT2D eigenvalue weighted by molar-refractivity contribution is 0.273. The third-order valence-electron chi connectivity index (χ3n) is 1.98. The molecule has 0 aromatic heterocycles. The first kappa shape index (κ1) is 12.3. The fourth-order valence-electron chi connectivity index (χ4n) is 1.13. The Balaban J connectivity index is 2.86. The molecule has 84 valence electrons. The van der Waals surface area contributed by atoms with Crippen molar-refractivity contribution in [2.45, 2.75) is 19.8 Å². The summed E-state index contributed by atoms with van der Waals surface area (Å²) < 4.78 is 24.4. The van der Waals surface area contributed by atoms with Gasteiger partial charge >= 0.3 is 0 Å². The van der Waals surface area contributed by atoms with Crippen molar-refractivity contribution < 1.29 is 13.9 Å². The van der Waals surface area contributed by atoms with E-state index in [-0.39, 0.29) is 5.75 Å². The van der Waals surface area contributed by atoms with Gasteiger partial charge in [-0.25, -0.2) is 4.39 Å². The molecule has 1 aromatic rings. The summed E-state index contributed by atoms with van der Waals surface area (Å²) in [4.78, 5) is 0. The quantitative estimate of drug-likeness (QED) is 0.763. The van der Waals surface area contributed by atoms with Crippen molar-refractivity contribution in [1.29, 1.82) is 0 Å². The molecule has 0 aliphatic rings. The van der Waals surface area contributed by atoms with Gasteiger partial charge in [-0.05, 0) is 34.5 Å². The number of hydrogen-bond acceptors (Lipinski definition) is 2. The highest BCUT2D eigenvalue weighted by Gasteiger charge is 2.13. The molecule has 0 unspecified atom stereocenters. The zero-order valence-corrected chi connectivity index (χ0v) is 10.4. The normalized spacial score (nSPS) is 10.1. The van der Waals surface area contributed by atoms with Crippen molar-refractivity contribution in [3.05, 3.63) is 22.4 Å². The fraction of sp³-hybridized carbons (Fsp3) is 0.455. The third-order valence-corrected chi connectivity index (χ3v) is 2.59. The maximum atomic E-state index is 13.6. The van der Waals surface area contributed by atoms with Gasteiger partial charge in [-0.1, -0.05) is 13.3 Å². The zero-order chi connectivity index (χ0) is 11.3. The predicted molar refractivity (Wildman–Crippen MR) is 61.1 cm³/mol. The van der Waals surface area contributed by atoms with Gasteiger partial charge in [-0.2, -0.15) is 0 Å². The molecule has 0 spiro atoms. The number of methoxy groups -OCH3 is 1. The number of ether oxygens (including phenoxy) is 2. The molecule has 0 heterocycles. The van der Waals surface area contributed by atoms with Gasteiger partial charge in [0, 0.05) is 0 Å². The van der Waals surface area contributed by atoms with Crippen molar-refractivity contribution in [2.24, 2.45) is 0 Å². The smallest absolute Gasteiger partial charge is 0.198 e. The van der Waals surface area contributed by atoms with Crippen LogP contribution in [0, 0.1) is 5.82 Å². The van der Waals surface area contributed by atoms with Crippen LogP contribution in [0.15, 0.2) is 16.6 Å². The maximum absolute atomic E-state index is 13.6. The second-order valence-electron chi connectivity index (χ2n) is 3.09. The average Bonchev–Trinajstić information content (AvgIpc) is 2.25. The average molecular weight is 277 g/mol. The topological polar surface area (TPSA) is 18.5 Å². The van der Waals surface area contributed by atoms with E-state index in [0.717, 1.165) is 12.8 Å². The summed E-state index contributed by atoms with van der Waals surface area (Å²) in [5, 5.41) is 0. The van der Waals surface area contributed by atoms with Gasteiger partial charge < -0.3 is 9.47 Å². The SMILES string of the molecule is CCCCOc1c(OC)ccc(Br)c1F. The van der Waals surface area contributed by atoms with Crippen molar-refractivity contribution in [3.8, 4) is 11.5 Å². The highest BCUT2D eigenvalue weighted by atomic mass is 79.9. The molecular weight excluding hydrogens is 263 g/mol. The Kier molecular flexibility index (Phi) is 4.88. The maximum Gasteiger partial charge on any atom is 0.198 e. The van der Waals surface area contributed by atoms with E-state index in [0.29, 0.717) is 16.8 Å². The minimum atomic E-state index is -0.412. The lowest BCUT2D eigenvalue weighted by Crippen LogP contribution is -2.01. The zero-order valence-electron chi connectivity index (χ0n) is 8.85. The lowest BCUT2D eigenvalue weighted by atomic mass is 10.3. The van der Waals surface area contributed by atoms with Crippen LogP contribution in [0.2, 0.25) is 0 Å². The number of benzene rings is 1. The molecule has 0 aliphatic heterocycles. The monoisotopic (exact) mass is 276 g/mol. The Bertz CT molecular complexity index is 329. The van der Waals surface area contributed by atoms with Crippen LogP contribution in [0.25, 0.3) is 0 Å². The number of hydrogen-bond donors (Lipinski definition) is 0. The molecule has 0 amide bonds. The van der Waals surface area contributed by atoms with Crippen LogP contribution in [0.5, 0.6) is 11.5 Å². The number of rotatable bonds is 5. The van der Waals surface area contributed by atoms with E-state index in [2.05, 4.69) is 22.9 Å². The summed E-state index contributed by atoms with van der Waals surface area (Å²) in [6, 6.07) is 3.27. The summed E-state index contributed by atoms with van der Waals surface area (Å²) in [5.41, 5.74) is 0. The van der Waals surface area contributed by atoms with Crippen molar-refractivity contribution in [1.82, 2.24) is 0 Å². The molecule has 0 fully saturated rings. The Labute approximate surface area is 97.5 Å². The molecule has 15 heavy (non-hydrogen) atoms. The van der Waals surface area contributed by atoms with Crippen molar-refractivity contribution >= 4 is 15.9 Å². The van der Waals surface area contributed by atoms with E-state index in [4.69, 9.17) is 9.47 Å². The second-order valence-corrected chi connectivity index (χ2v) is 3.95. The minimum Gasteiger partial charge on any atom is -0.493 e. The highest BCUT2D eigenvalue weighted by molar-refractivity contribution is 9.10. The first-order valence-electron chi connectivity index (χ1n) is 4.85.